The van der Waals surface area contributed by atoms with Crippen LogP contribution in [0.2, 0.25) is 0 Å². The van der Waals surface area contributed by atoms with E-state index in [4.69, 9.17) is 16.2 Å². The quantitative estimate of drug-likeness (QED) is 0.739. The number of anilines is 1. The molecule has 0 aliphatic heterocycles. The Hall–Kier alpha value is -1.69. The molecule has 1 aromatic carbocycles. The number of aromatic amines is 1. The zero-order chi connectivity index (χ0) is 11.0. The van der Waals surface area contributed by atoms with Gasteiger partial charge in [-0.3, -0.25) is 0 Å². The smallest absolute Gasteiger partial charge is 0.394 e. The molecular weight excluding hydrogens is 262 g/mol. The van der Waals surface area contributed by atoms with E-state index < -0.39 is 6.09 Å². The molecule has 5 N–H and O–H groups in total. The topological polar surface area (TPSA) is 94.1 Å². The molecule has 1 amide bonds. The minimum absolute atomic E-state index is 0.171. The fraction of sp³-hybridized carbons (Fsp3) is 0. The second kappa shape index (κ2) is 3.47. The number of nitrogens with one attached hydrogen (secondary N) is 1. The van der Waals surface area contributed by atoms with E-state index in [9.17, 15) is 4.79 Å². The Labute approximate surface area is 93.5 Å². The summed E-state index contributed by atoms with van der Waals surface area (Å²) >= 11 is 3.35. The van der Waals surface area contributed by atoms with Gasteiger partial charge in [0.2, 0.25) is 5.88 Å². The van der Waals surface area contributed by atoms with Crippen molar-refractivity contribution in [2.24, 2.45) is 5.73 Å². The van der Waals surface area contributed by atoms with Crippen molar-refractivity contribution >= 4 is 38.6 Å². The summed E-state index contributed by atoms with van der Waals surface area (Å²) in [5.74, 6) is 0.171. The van der Waals surface area contributed by atoms with Crippen LogP contribution >= 0.6 is 15.9 Å². The highest BCUT2D eigenvalue weighted by Crippen LogP contribution is 2.34. The van der Waals surface area contributed by atoms with Crippen molar-refractivity contribution in [1.29, 1.82) is 0 Å². The highest BCUT2D eigenvalue weighted by molar-refractivity contribution is 9.10. The zero-order valence-corrected chi connectivity index (χ0v) is 9.17. The van der Waals surface area contributed by atoms with Gasteiger partial charge in [-0.1, -0.05) is 12.1 Å². The van der Waals surface area contributed by atoms with Crippen molar-refractivity contribution in [2.45, 2.75) is 0 Å². The number of amides is 1. The van der Waals surface area contributed by atoms with Crippen LogP contribution in [0.4, 0.5) is 10.5 Å². The van der Waals surface area contributed by atoms with E-state index in [0.717, 1.165) is 15.4 Å². The predicted molar refractivity (Wildman–Crippen MR) is 60.6 cm³/mol. The maximum absolute atomic E-state index is 10.6. The first-order chi connectivity index (χ1) is 7.09. The Morgan fingerprint density at radius 3 is 2.80 bits per heavy atom. The van der Waals surface area contributed by atoms with E-state index in [-0.39, 0.29) is 5.88 Å². The average molecular weight is 270 g/mol. The first-order valence-electron chi connectivity index (χ1n) is 4.12. The molecule has 0 aliphatic rings. The number of nitrogens with two attached hydrogens (primary N) is 2. The highest BCUT2D eigenvalue weighted by Gasteiger charge is 2.12. The number of carbonyl (C=O) groups excluding carboxylic acids is 1. The van der Waals surface area contributed by atoms with E-state index in [1.807, 2.05) is 18.2 Å². The molecular formula is C9H8BrN3O2. The van der Waals surface area contributed by atoms with Crippen molar-refractivity contribution in [1.82, 2.24) is 4.98 Å². The lowest BCUT2D eigenvalue weighted by Crippen LogP contribution is -2.17. The summed E-state index contributed by atoms with van der Waals surface area (Å²) in [7, 11) is 0. The molecule has 2 aromatic rings. The number of aromatic nitrogens is 1. The third-order valence-electron chi connectivity index (χ3n) is 1.99. The second-order valence-electron chi connectivity index (χ2n) is 2.95. The number of primary amides is 1. The third kappa shape index (κ3) is 1.63. The molecule has 0 aliphatic carbocycles. The molecule has 0 saturated heterocycles. The molecule has 1 aromatic heterocycles. The van der Waals surface area contributed by atoms with E-state index in [1.165, 1.54) is 0 Å². The van der Waals surface area contributed by atoms with Gasteiger partial charge in [-0.05, 0) is 22.0 Å². The molecule has 0 spiro atoms. The number of benzene rings is 1. The lowest BCUT2D eigenvalue weighted by molar-refractivity contribution is 0.209. The van der Waals surface area contributed by atoms with Crippen LogP contribution < -0.4 is 16.2 Å². The maximum Gasteiger partial charge on any atom is 0.411 e. The number of para-hydroxylation sites is 1. The Balaban J connectivity index is 2.64. The molecule has 78 valence electrons. The largest absolute Gasteiger partial charge is 0.411 e. The van der Waals surface area contributed by atoms with E-state index in [1.54, 1.807) is 0 Å². The molecule has 15 heavy (non-hydrogen) atoms. The minimum Gasteiger partial charge on any atom is -0.394 e. The molecule has 1 heterocycles. The molecule has 0 unspecified atom stereocenters. The van der Waals surface area contributed by atoms with E-state index >= 15 is 0 Å². The fourth-order valence-electron chi connectivity index (χ4n) is 1.36. The van der Waals surface area contributed by atoms with Gasteiger partial charge in [-0.25, -0.2) is 4.79 Å². The monoisotopic (exact) mass is 269 g/mol. The molecule has 0 saturated carbocycles. The number of rotatable bonds is 1. The molecule has 2 rings (SSSR count). The normalized spacial score (nSPS) is 10.5. The van der Waals surface area contributed by atoms with E-state index in [2.05, 4.69) is 20.9 Å². The van der Waals surface area contributed by atoms with Gasteiger partial charge in [0, 0.05) is 9.86 Å². The van der Waals surface area contributed by atoms with Gasteiger partial charge in [0.1, 0.15) is 5.69 Å². The van der Waals surface area contributed by atoms with E-state index in [0.29, 0.717) is 5.69 Å². The molecule has 6 heteroatoms. The Morgan fingerprint density at radius 1 is 1.47 bits per heavy atom. The van der Waals surface area contributed by atoms with Crippen LogP contribution in [0.3, 0.4) is 0 Å². The lowest BCUT2D eigenvalue weighted by atomic mass is 10.2. The summed E-state index contributed by atoms with van der Waals surface area (Å²) in [5, 5.41) is 0.778. The van der Waals surface area contributed by atoms with Crippen molar-refractivity contribution in [3.05, 3.63) is 22.7 Å². The molecule has 0 radical (unpaired) electrons. The molecule has 5 nitrogen and oxygen atoms in total. The standard InChI is InChI=1S/C9H8BrN3O2/c10-5-3-1-2-4-6(11)8(13-7(4)5)15-9(12)14/h1-3,13H,11H2,(H2,12,14). The number of ether oxygens (including phenoxy) is 1. The predicted octanol–water partition coefficient (Wildman–Crippen LogP) is 1.97. The van der Waals surface area contributed by atoms with Gasteiger partial charge in [0.05, 0.1) is 5.52 Å². The van der Waals surface area contributed by atoms with Crippen LogP contribution in [0.15, 0.2) is 22.7 Å². The Bertz CT molecular complexity index is 535. The van der Waals surface area contributed by atoms with Crippen molar-refractivity contribution in [3.8, 4) is 5.88 Å². The highest BCUT2D eigenvalue weighted by atomic mass is 79.9. The second-order valence-corrected chi connectivity index (χ2v) is 3.81. The number of H-pyrrole nitrogens is 1. The first-order valence-corrected chi connectivity index (χ1v) is 4.92. The average Bonchev–Trinajstić information content (AvgIpc) is 2.46. The summed E-state index contributed by atoms with van der Waals surface area (Å²) in [6.07, 6.45) is -0.899. The van der Waals surface area contributed by atoms with Crippen LogP contribution in [-0.2, 0) is 0 Å². The number of nitrogen functional groups attached to an aromatic ring is 1. The fourth-order valence-corrected chi connectivity index (χ4v) is 1.83. The van der Waals surface area contributed by atoms with Gasteiger partial charge in [0.15, 0.2) is 0 Å². The summed E-state index contributed by atoms with van der Waals surface area (Å²) < 4.78 is 5.56. The number of halogens is 1. The number of fused-ring (bicyclic) bond motifs is 1. The SMILES string of the molecule is NC(=O)Oc1[nH]c2c(Br)cccc2c1N. The molecule has 0 atom stereocenters. The molecule has 0 fully saturated rings. The number of hydrogen-bond acceptors (Lipinski definition) is 3. The maximum atomic E-state index is 10.6. The molecule has 0 bridgehead atoms. The summed E-state index contributed by atoms with van der Waals surface area (Å²) in [6, 6.07) is 5.51. The van der Waals surface area contributed by atoms with Crippen LogP contribution in [0.5, 0.6) is 5.88 Å². The summed E-state index contributed by atoms with van der Waals surface area (Å²) in [4.78, 5) is 13.5. The van der Waals surface area contributed by atoms with Crippen molar-refractivity contribution in [2.75, 3.05) is 5.73 Å². The van der Waals surface area contributed by atoms with Gasteiger partial charge >= 0.3 is 6.09 Å². The van der Waals surface area contributed by atoms with Crippen LogP contribution in [-0.4, -0.2) is 11.1 Å². The van der Waals surface area contributed by atoms with Crippen LogP contribution in [0, 0.1) is 0 Å². The summed E-state index contributed by atoms with van der Waals surface area (Å²) in [5.41, 5.74) is 11.8. The van der Waals surface area contributed by atoms with Gasteiger partial charge in [0.25, 0.3) is 0 Å². The lowest BCUT2D eigenvalue weighted by Gasteiger charge is -1.96. The Kier molecular flexibility index (Phi) is 2.28. The Morgan fingerprint density at radius 2 is 2.20 bits per heavy atom. The van der Waals surface area contributed by atoms with Crippen molar-refractivity contribution in [3.63, 3.8) is 0 Å². The first kappa shape index (κ1) is 9.85. The number of hydrogen-bond donors (Lipinski definition) is 3. The van der Waals surface area contributed by atoms with Gasteiger partial charge in [-0.15, -0.1) is 0 Å². The van der Waals surface area contributed by atoms with Crippen molar-refractivity contribution < 1.29 is 9.53 Å². The number of carbonyl (C=O) groups is 1. The van der Waals surface area contributed by atoms with Gasteiger partial charge < -0.3 is 21.2 Å². The van der Waals surface area contributed by atoms with Crippen LogP contribution in [0.25, 0.3) is 10.9 Å². The zero-order valence-electron chi connectivity index (χ0n) is 7.58. The van der Waals surface area contributed by atoms with Crippen LogP contribution in [0.1, 0.15) is 0 Å². The summed E-state index contributed by atoms with van der Waals surface area (Å²) in [6.45, 7) is 0. The van der Waals surface area contributed by atoms with Gasteiger partial charge in [-0.2, -0.15) is 0 Å². The third-order valence-corrected chi connectivity index (χ3v) is 2.65. The minimum atomic E-state index is -0.899.